The van der Waals surface area contributed by atoms with E-state index in [1.54, 1.807) is 0 Å². The van der Waals surface area contributed by atoms with Gasteiger partial charge in [-0.2, -0.15) is 0 Å². The van der Waals surface area contributed by atoms with Crippen LogP contribution in [0.25, 0.3) is 0 Å². The van der Waals surface area contributed by atoms with E-state index < -0.39 is 11.6 Å². The highest BCUT2D eigenvalue weighted by atomic mass is 19.1. The fourth-order valence-corrected chi connectivity index (χ4v) is 1.26. The number of nitrogens with two attached hydrogens (primary N) is 1. The predicted molar refractivity (Wildman–Crippen MR) is 56.6 cm³/mol. The molecule has 0 fully saturated rings. The van der Waals surface area contributed by atoms with Crippen molar-refractivity contribution in [3.63, 3.8) is 0 Å². The molecule has 0 aliphatic heterocycles. The Hall–Kier alpha value is -1.00. The normalized spacial score (nSPS) is 12.8. The predicted octanol–water partition coefficient (Wildman–Crippen LogP) is 1.44. The minimum Gasteiger partial charge on any atom is -0.329 e. The van der Waals surface area contributed by atoms with E-state index in [4.69, 9.17) is 5.73 Å². The van der Waals surface area contributed by atoms with Crippen LogP contribution in [0, 0.1) is 11.6 Å². The van der Waals surface area contributed by atoms with Gasteiger partial charge in [0.2, 0.25) is 0 Å². The number of nitrogens with one attached hydrogen (secondary N) is 1. The third-order valence-corrected chi connectivity index (χ3v) is 2.26. The van der Waals surface area contributed by atoms with Crippen molar-refractivity contribution < 1.29 is 8.78 Å². The number of halogens is 2. The average molecular weight is 214 g/mol. The van der Waals surface area contributed by atoms with Crippen molar-refractivity contribution in [2.75, 3.05) is 13.1 Å². The first kappa shape index (κ1) is 12.1. The van der Waals surface area contributed by atoms with E-state index in [0.717, 1.165) is 6.07 Å². The van der Waals surface area contributed by atoms with Gasteiger partial charge in [0.1, 0.15) is 11.6 Å². The maximum absolute atomic E-state index is 13.2. The summed E-state index contributed by atoms with van der Waals surface area (Å²) in [6, 6.07) is 3.86. The fraction of sp³-hybridized carbons (Fsp3) is 0.455. The quantitative estimate of drug-likeness (QED) is 0.778. The Morgan fingerprint density at radius 2 is 2.13 bits per heavy atom. The lowest BCUT2D eigenvalue weighted by atomic mass is 10.1. The van der Waals surface area contributed by atoms with Crippen LogP contribution >= 0.6 is 0 Å². The van der Waals surface area contributed by atoms with Crippen LogP contribution in [0.1, 0.15) is 12.5 Å². The Balaban J connectivity index is 2.44. The van der Waals surface area contributed by atoms with Crippen LogP contribution in [-0.4, -0.2) is 19.1 Å². The minimum absolute atomic E-state index is 0.216. The molecule has 2 nitrogen and oxygen atoms in total. The van der Waals surface area contributed by atoms with E-state index >= 15 is 0 Å². The first-order chi connectivity index (χ1) is 7.13. The first-order valence-electron chi connectivity index (χ1n) is 5.01. The lowest BCUT2D eigenvalue weighted by molar-refractivity contribution is 0.540. The zero-order chi connectivity index (χ0) is 11.3. The highest BCUT2D eigenvalue weighted by Gasteiger charge is 2.04. The molecule has 0 aliphatic carbocycles. The van der Waals surface area contributed by atoms with Gasteiger partial charge in [0.05, 0.1) is 0 Å². The molecule has 0 unspecified atom stereocenters. The molecule has 1 atom stereocenters. The van der Waals surface area contributed by atoms with Crippen LogP contribution in [0.3, 0.4) is 0 Å². The molecule has 1 aromatic rings. The van der Waals surface area contributed by atoms with Gasteiger partial charge in [0, 0.05) is 18.7 Å². The molecule has 0 aliphatic rings. The topological polar surface area (TPSA) is 38.0 Å². The molecule has 0 saturated carbocycles. The second kappa shape index (κ2) is 5.78. The Kier molecular flexibility index (Phi) is 4.65. The van der Waals surface area contributed by atoms with Crippen LogP contribution in [-0.2, 0) is 6.42 Å². The van der Waals surface area contributed by atoms with Crippen molar-refractivity contribution in [1.29, 1.82) is 0 Å². The molecule has 1 rings (SSSR count). The maximum atomic E-state index is 13.2. The molecule has 0 heterocycles. The third kappa shape index (κ3) is 3.93. The summed E-state index contributed by atoms with van der Waals surface area (Å²) in [4.78, 5) is 0. The van der Waals surface area contributed by atoms with Gasteiger partial charge in [-0.05, 0) is 31.5 Å². The van der Waals surface area contributed by atoms with Gasteiger partial charge >= 0.3 is 0 Å². The second-order valence-corrected chi connectivity index (χ2v) is 3.58. The van der Waals surface area contributed by atoms with E-state index in [9.17, 15) is 8.78 Å². The van der Waals surface area contributed by atoms with Crippen molar-refractivity contribution in [3.8, 4) is 0 Å². The molecule has 0 bridgehead atoms. The number of hydrogen-bond acceptors (Lipinski definition) is 2. The van der Waals surface area contributed by atoms with Gasteiger partial charge in [-0.25, -0.2) is 8.78 Å². The van der Waals surface area contributed by atoms with Crippen LogP contribution in [0.5, 0.6) is 0 Å². The van der Waals surface area contributed by atoms with E-state index in [0.29, 0.717) is 25.1 Å². The number of rotatable bonds is 5. The van der Waals surface area contributed by atoms with Crippen LogP contribution in [0.2, 0.25) is 0 Å². The summed E-state index contributed by atoms with van der Waals surface area (Å²) in [5.74, 6) is -1.03. The molecule has 4 heteroatoms. The van der Waals surface area contributed by atoms with Crippen molar-refractivity contribution in [1.82, 2.24) is 5.32 Å². The molecule has 84 valence electrons. The molecular formula is C11H16F2N2. The smallest absolute Gasteiger partial charge is 0.129 e. The van der Waals surface area contributed by atoms with Gasteiger partial charge in [-0.15, -0.1) is 0 Å². The Morgan fingerprint density at radius 1 is 1.40 bits per heavy atom. The van der Waals surface area contributed by atoms with Gasteiger partial charge in [0.15, 0.2) is 0 Å². The van der Waals surface area contributed by atoms with Crippen LogP contribution in [0.4, 0.5) is 8.78 Å². The summed E-state index contributed by atoms with van der Waals surface area (Å²) in [5.41, 5.74) is 5.94. The van der Waals surface area contributed by atoms with Gasteiger partial charge in [-0.3, -0.25) is 0 Å². The summed E-state index contributed by atoms with van der Waals surface area (Å²) in [7, 11) is 0. The lowest BCUT2D eigenvalue weighted by Gasteiger charge is -2.11. The Bertz CT molecular complexity index is 315. The summed E-state index contributed by atoms with van der Waals surface area (Å²) in [6.07, 6.45) is 0.538. The molecule has 3 N–H and O–H groups in total. The summed E-state index contributed by atoms with van der Waals surface area (Å²) >= 11 is 0. The fourth-order valence-electron chi connectivity index (χ4n) is 1.26. The van der Waals surface area contributed by atoms with E-state index in [2.05, 4.69) is 5.32 Å². The highest BCUT2D eigenvalue weighted by molar-refractivity contribution is 5.18. The van der Waals surface area contributed by atoms with Crippen molar-refractivity contribution in [2.24, 2.45) is 5.73 Å². The van der Waals surface area contributed by atoms with Crippen LogP contribution < -0.4 is 11.1 Å². The molecule has 0 aromatic heterocycles. The molecule has 0 radical (unpaired) electrons. The second-order valence-electron chi connectivity index (χ2n) is 3.58. The van der Waals surface area contributed by atoms with Crippen molar-refractivity contribution in [3.05, 3.63) is 35.4 Å². The third-order valence-electron chi connectivity index (χ3n) is 2.26. The molecular weight excluding hydrogens is 198 g/mol. The van der Waals surface area contributed by atoms with E-state index in [1.807, 2.05) is 6.92 Å². The standard InChI is InChI=1S/C11H16F2N2/c1-8(7-14)15-5-4-9-2-3-10(12)6-11(9)13/h2-3,6,8,15H,4-5,7,14H2,1H3/t8-/m0/s1. The first-order valence-corrected chi connectivity index (χ1v) is 5.01. The summed E-state index contributed by atoms with van der Waals surface area (Å²) in [6.45, 7) is 3.15. The molecule has 0 saturated heterocycles. The van der Waals surface area contributed by atoms with E-state index in [-0.39, 0.29) is 6.04 Å². The maximum Gasteiger partial charge on any atom is 0.129 e. The van der Waals surface area contributed by atoms with Crippen molar-refractivity contribution in [2.45, 2.75) is 19.4 Å². The number of benzene rings is 1. The molecule has 0 amide bonds. The van der Waals surface area contributed by atoms with Gasteiger partial charge < -0.3 is 11.1 Å². The number of hydrogen-bond donors (Lipinski definition) is 2. The molecule has 1 aromatic carbocycles. The Morgan fingerprint density at radius 3 is 2.73 bits per heavy atom. The largest absolute Gasteiger partial charge is 0.329 e. The van der Waals surface area contributed by atoms with Gasteiger partial charge in [0.25, 0.3) is 0 Å². The summed E-state index contributed by atoms with van der Waals surface area (Å²) < 4.78 is 25.7. The lowest BCUT2D eigenvalue weighted by Crippen LogP contribution is -2.34. The molecule has 15 heavy (non-hydrogen) atoms. The van der Waals surface area contributed by atoms with Gasteiger partial charge in [-0.1, -0.05) is 6.07 Å². The average Bonchev–Trinajstić information content (AvgIpc) is 2.21. The monoisotopic (exact) mass is 214 g/mol. The highest BCUT2D eigenvalue weighted by Crippen LogP contribution is 2.09. The zero-order valence-electron chi connectivity index (χ0n) is 8.76. The van der Waals surface area contributed by atoms with E-state index in [1.165, 1.54) is 12.1 Å². The summed E-state index contributed by atoms with van der Waals surface area (Å²) in [5, 5.41) is 3.14. The van der Waals surface area contributed by atoms with Crippen molar-refractivity contribution >= 4 is 0 Å². The Labute approximate surface area is 88.5 Å². The zero-order valence-corrected chi connectivity index (χ0v) is 8.76. The minimum atomic E-state index is -0.542. The van der Waals surface area contributed by atoms with Crippen LogP contribution in [0.15, 0.2) is 18.2 Å². The SMILES string of the molecule is C[C@@H](CN)NCCc1ccc(F)cc1F. The molecule has 0 spiro atoms.